The second kappa shape index (κ2) is 29.9. The third kappa shape index (κ3) is 16.0. The van der Waals surface area contributed by atoms with Gasteiger partial charge < -0.3 is 71.3 Å². The molecule has 19 heteroatoms. The molecule has 19 nitrogen and oxygen atoms in total. The van der Waals surface area contributed by atoms with Gasteiger partial charge in [0, 0.05) is 90.6 Å². The second-order valence-electron chi connectivity index (χ2n) is 23.7. The van der Waals surface area contributed by atoms with Gasteiger partial charge in [-0.3, -0.25) is 9.59 Å². The molecule has 4 aliphatic heterocycles. The smallest absolute Gasteiger partial charge is 0.224 e. The Bertz CT molecular complexity index is 3040. The molecular weight excluding hydrogens is 1060 g/mol. The van der Waals surface area contributed by atoms with Crippen LogP contribution in [0.2, 0.25) is 0 Å². The lowest BCUT2D eigenvalue weighted by atomic mass is 9.86. The van der Waals surface area contributed by atoms with Gasteiger partial charge in [-0.1, -0.05) is 13.8 Å². The molecule has 0 radical (unpaired) electrons. The minimum absolute atomic E-state index is 0.0803. The zero-order valence-electron chi connectivity index (χ0n) is 50.8. The lowest BCUT2D eigenvalue weighted by molar-refractivity contribution is -0.117. The fourth-order valence-corrected chi connectivity index (χ4v) is 12.1. The van der Waals surface area contributed by atoms with Crippen molar-refractivity contribution in [2.75, 3.05) is 125 Å². The summed E-state index contributed by atoms with van der Waals surface area (Å²) in [6, 6.07) is 24.1. The van der Waals surface area contributed by atoms with Crippen molar-refractivity contribution in [2.24, 2.45) is 29.6 Å². The first kappa shape index (κ1) is 62.6. The number of nitriles is 3. The molecule has 4 aliphatic rings. The van der Waals surface area contributed by atoms with E-state index in [1.54, 1.807) is 6.07 Å². The predicted octanol–water partition coefficient (Wildman–Crippen LogP) is 9.80. The number of piperidine rings is 2. The van der Waals surface area contributed by atoms with E-state index >= 15 is 0 Å². The van der Waals surface area contributed by atoms with Gasteiger partial charge in [0.25, 0.3) is 0 Å². The molecule has 8 N–H and O–H groups in total. The number of rotatable bonds is 26. The minimum Gasteiger partial charge on any atom is -0.492 e. The molecule has 0 bridgehead atoms. The minimum atomic E-state index is -0.442. The zero-order chi connectivity index (χ0) is 59.9. The Kier molecular flexibility index (Phi) is 22.2. The Morgan fingerprint density at radius 1 is 0.655 bits per heavy atom. The molecule has 0 spiro atoms. The number of carbonyl (C=O) groups is 2. The van der Waals surface area contributed by atoms with Crippen LogP contribution in [0.5, 0.6) is 23.0 Å². The quantitative estimate of drug-likeness (QED) is 0.0292. The Hall–Kier alpha value is -7.47. The molecule has 0 aromatic heterocycles. The van der Waals surface area contributed by atoms with Crippen molar-refractivity contribution in [3.63, 3.8) is 0 Å². The van der Waals surface area contributed by atoms with Crippen LogP contribution in [0.1, 0.15) is 113 Å². The summed E-state index contributed by atoms with van der Waals surface area (Å²) in [7, 11) is 6.11. The lowest BCUT2D eigenvalue weighted by Crippen LogP contribution is -2.49. The van der Waals surface area contributed by atoms with Gasteiger partial charge in [0.2, 0.25) is 11.8 Å². The molecular formula is C65H89N13O6. The maximum atomic E-state index is 13.7. The topological polar surface area (TPSA) is 245 Å². The van der Waals surface area contributed by atoms with Crippen LogP contribution in [0.15, 0.2) is 54.6 Å². The summed E-state index contributed by atoms with van der Waals surface area (Å²) in [6.07, 6.45) is 5.47. The molecule has 4 heterocycles. The van der Waals surface area contributed by atoms with Gasteiger partial charge in [0.15, 0.2) is 0 Å². The number of fused-ring (bicyclic) bond motifs is 2. The average molecular weight is 1150 g/mol. The molecule has 8 rings (SSSR count). The summed E-state index contributed by atoms with van der Waals surface area (Å²) in [5, 5.41) is 58.4. The van der Waals surface area contributed by atoms with Gasteiger partial charge in [0.1, 0.15) is 42.3 Å². The molecule has 450 valence electrons. The molecule has 9 unspecified atom stereocenters. The Labute approximate surface area is 497 Å². The van der Waals surface area contributed by atoms with E-state index in [4.69, 9.17) is 18.9 Å². The van der Waals surface area contributed by atoms with Crippen molar-refractivity contribution in [3.05, 3.63) is 82.4 Å². The van der Waals surface area contributed by atoms with Gasteiger partial charge in [-0.25, -0.2) is 0 Å². The van der Waals surface area contributed by atoms with Crippen molar-refractivity contribution in [1.82, 2.24) is 20.4 Å². The zero-order valence-corrected chi connectivity index (χ0v) is 50.8. The predicted molar refractivity (Wildman–Crippen MR) is 332 cm³/mol. The number of nitrogens with zero attached hydrogens (tertiary/aromatic N) is 5. The van der Waals surface area contributed by atoms with Crippen LogP contribution in [0.25, 0.3) is 0 Å². The number of amides is 2. The molecule has 2 fully saturated rings. The molecule has 4 aromatic carbocycles. The lowest BCUT2D eigenvalue weighted by Gasteiger charge is -2.37. The van der Waals surface area contributed by atoms with Crippen molar-refractivity contribution in [1.29, 1.82) is 15.8 Å². The monoisotopic (exact) mass is 1150 g/mol. The van der Waals surface area contributed by atoms with Crippen molar-refractivity contribution in [3.8, 4) is 41.2 Å². The highest BCUT2D eigenvalue weighted by Gasteiger charge is 2.35. The van der Waals surface area contributed by atoms with E-state index in [0.717, 1.165) is 103 Å². The van der Waals surface area contributed by atoms with Crippen LogP contribution in [-0.2, 0) is 9.59 Å². The number of ether oxygens (including phenoxy) is 4. The summed E-state index contributed by atoms with van der Waals surface area (Å²) in [6.45, 7) is 19.5. The van der Waals surface area contributed by atoms with Gasteiger partial charge in [-0.2, -0.15) is 15.8 Å². The van der Waals surface area contributed by atoms with Gasteiger partial charge in [-0.05, 0) is 178 Å². The molecule has 84 heavy (non-hydrogen) atoms. The Morgan fingerprint density at radius 2 is 1.24 bits per heavy atom. The maximum absolute atomic E-state index is 13.7. The highest BCUT2D eigenvalue weighted by Crippen LogP contribution is 2.44. The Morgan fingerprint density at radius 3 is 1.81 bits per heavy atom. The van der Waals surface area contributed by atoms with Crippen molar-refractivity contribution >= 4 is 45.9 Å². The van der Waals surface area contributed by atoms with E-state index in [1.165, 1.54) is 0 Å². The van der Waals surface area contributed by atoms with E-state index in [2.05, 4.69) is 105 Å². The number of carbonyl (C=O) groups excluding carboxylic acids is 2. The number of anilines is 6. The molecule has 4 aromatic rings. The summed E-state index contributed by atoms with van der Waals surface area (Å²) < 4.78 is 24.8. The first-order chi connectivity index (χ1) is 40.6. The normalized spacial score (nSPS) is 22.5. The SMILES string of the molecule is CCOc1cc2c(cc1NC(=O)CCCN(C)C)C(Nc1ccc(OCC3NCC(CN(C)CCCC(=O)Nc4cc5c(cc4OCC)NCC(C#N)C5Nc4ccc(OCC5NCCCC5C)c(C#N)c4)CC3C)c(C)c1C)C(C#N)CN2. The summed E-state index contributed by atoms with van der Waals surface area (Å²) in [4.78, 5) is 31.1. The van der Waals surface area contributed by atoms with Crippen molar-refractivity contribution in [2.45, 2.75) is 111 Å². The molecule has 0 aliphatic carbocycles. The van der Waals surface area contributed by atoms with E-state index in [-0.39, 0.29) is 35.9 Å². The van der Waals surface area contributed by atoms with Crippen LogP contribution < -0.4 is 61.5 Å². The summed E-state index contributed by atoms with van der Waals surface area (Å²) in [5.41, 5.74) is 8.61. The van der Waals surface area contributed by atoms with Gasteiger partial charge >= 0.3 is 0 Å². The van der Waals surface area contributed by atoms with Crippen LogP contribution in [0, 0.1) is 77.4 Å². The first-order valence-electron chi connectivity index (χ1n) is 30.3. The van der Waals surface area contributed by atoms with Crippen LogP contribution in [0.3, 0.4) is 0 Å². The molecule has 9 atom stereocenters. The number of nitrogens with one attached hydrogen (secondary N) is 8. The van der Waals surface area contributed by atoms with E-state index in [9.17, 15) is 25.4 Å². The van der Waals surface area contributed by atoms with Crippen molar-refractivity contribution < 1.29 is 28.5 Å². The molecule has 0 saturated carbocycles. The third-order valence-electron chi connectivity index (χ3n) is 17.1. The summed E-state index contributed by atoms with van der Waals surface area (Å²) in [5.74, 6) is 2.79. The highest BCUT2D eigenvalue weighted by atomic mass is 16.5. The van der Waals surface area contributed by atoms with Crippen LogP contribution in [0.4, 0.5) is 34.1 Å². The third-order valence-corrected chi connectivity index (χ3v) is 17.1. The van der Waals surface area contributed by atoms with E-state index in [1.807, 2.05) is 76.5 Å². The number of hydrogen-bond acceptors (Lipinski definition) is 17. The number of benzene rings is 4. The number of hydrogen-bond donors (Lipinski definition) is 8. The van der Waals surface area contributed by atoms with Crippen LogP contribution >= 0.6 is 0 Å². The van der Waals surface area contributed by atoms with Gasteiger partial charge in [-0.15, -0.1) is 0 Å². The largest absolute Gasteiger partial charge is 0.492 e. The van der Waals surface area contributed by atoms with E-state index < -0.39 is 12.0 Å². The average Bonchev–Trinajstić information content (AvgIpc) is 1.89. The molecule has 2 amide bonds. The fourth-order valence-electron chi connectivity index (χ4n) is 12.1. The first-order valence-corrected chi connectivity index (χ1v) is 30.3. The standard InChI is InChI=1S/C65H89N13O6/c1-10-81-60-29-52-49(64(46(32-67)35-71-52)73-48-18-20-59(45(26-48)31-66)84-38-56-40(3)15-12-22-69-56)27-54(60)75-63(80)17-14-24-78(9)37-44-25-41(4)57(70-34-44)39-83-58-21-19-51(42(5)43(58)6)76-65-47(33-68)36-72-53-30-61(82-11-2)55(28-50(53)65)74-62(79)16-13-23-77(7)8/h18-21,26-30,40-41,44,46-47,56-57,64-65,69-73,76H,10-17,22-25,34-39H2,1-9H3,(H,74,79)(H,75,80). The maximum Gasteiger partial charge on any atom is 0.224 e. The van der Waals surface area contributed by atoms with E-state index in [0.29, 0.717) is 116 Å². The van der Waals surface area contributed by atoms with Gasteiger partial charge in [0.05, 0.1) is 66.2 Å². The second-order valence-corrected chi connectivity index (χ2v) is 23.7. The highest BCUT2D eigenvalue weighted by molar-refractivity contribution is 5.94. The Balaban J connectivity index is 0.813. The molecule has 2 saturated heterocycles. The summed E-state index contributed by atoms with van der Waals surface area (Å²) >= 11 is 0. The van der Waals surface area contributed by atoms with Crippen LogP contribution in [-0.4, -0.2) is 127 Å². The fraction of sp³-hybridized carbons (Fsp3) is 0.554.